The molecule has 0 aromatic heterocycles. The molecular formula is C13H13Cl2F3N2O. The molecule has 0 bridgehead atoms. The number of carbonyl (C=O) groups excluding carboxylic acids is 1. The number of nitrogens with zero attached hydrogens (tertiary/aromatic N) is 1. The molecule has 116 valence electrons. The van der Waals surface area contributed by atoms with Gasteiger partial charge in [0.25, 0.3) is 5.91 Å². The molecule has 0 radical (unpaired) electrons. The first kappa shape index (κ1) is 16.4. The van der Waals surface area contributed by atoms with Crippen molar-refractivity contribution in [1.82, 2.24) is 4.90 Å². The smallest absolute Gasteiger partial charge is 0.326 e. The van der Waals surface area contributed by atoms with Crippen LogP contribution in [0, 0.1) is 0 Å². The molecular weight excluding hydrogens is 328 g/mol. The van der Waals surface area contributed by atoms with Gasteiger partial charge in [0, 0.05) is 12.6 Å². The van der Waals surface area contributed by atoms with Crippen LogP contribution in [0.15, 0.2) is 18.2 Å². The summed E-state index contributed by atoms with van der Waals surface area (Å²) < 4.78 is 39.2. The van der Waals surface area contributed by atoms with E-state index in [0.29, 0.717) is 0 Å². The van der Waals surface area contributed by atoms with Gasteiger partial charge in [-0.15, -0.1) is 0 Å². The fraction of sp³-hybridized carbons (Fsp3) is 0.462. The molecule has 2 rings (SSSR count). The van der Waals surface area contributed by atoms with Gasteiger partial charge in [-0.2, -0.15) is 13.2 Å². The van der Waals surface area contributed by atoms with Gasteiger partial charge in [-0.05, 0) is 25.0 Å². The van der Waals surface area contributed by atoms with Crippen LogP contribution in [-0.4, -0.2) is 35.6 Å². The minimum absolute atomic E-state index is 0.0486. The van der Waals surface area contributed by atoms with E-state index in [0.717, 1.165) is 4.90 Å². The van der Waals surface area contributed by atoms with Crippen LogP contribution in [0.5, 0.6) is 0 Å². The van der Waals surface area contributed by atoms with Crippen molar-refractivity contribution in [2.75, 3.05) is 6.54 Å². The maximum absolute atomic E-state index is 13.1. The third-order valence-corrected chi connectivity index (χ3v) is 4.26. The third-order valence-electron chi connectivity index (χ3n) is 3.44. The number of amides is 1. The van der Waals surface area contributed by atoms with Crippen molar-refractivity contribution in [2.45, 2.75) is 31.1 Å². The highest BCUT2D eigenvalue weighted by Gasteiger charge is 2.47. The molecule has 0 saturated carbocycles. The Balaban J connectivity index is 2.36. The number of piperidine rings is 1. The monoisotopic (exact) mass is 340 g/mol. The van der Waals surface area contributed by atoms with Gasteiger partial charge in [-0.3, -0.25) is 4.79 Å². The Hall–Kier alpha value is -0.980. The Kier molecular flexibility index (Phi) is 4.70. The lowest BCUT2D eigenvalue weighted by Gasteiger charge is -2.39. The van der Waals surface area contributed by atoms with Crippen molar-refractivity contribution in [3.63, 3.8) is 0 Å². The van der Waals surface area contributed by atoms with Crippen LogP contribution >= 0.6 is 23.2 Å². The number of hydrogen-bond donors (Lipinski definition) is 1. The second kappa shape index (κ2) is 6.02. The predicted molar refractivity (Wildman–Crippen MR) is 74.6 cm³/mol. The Labute approximate surface area is 129 Å². The maximum atomic E-state index is 13.1. The van der Waals surface area contributed by atoms with Gasteiger partial charge in [0.1, 0.15) is 6.04 Å². The summed E-state index contributed by atoms with van der Waals surface area (Å²) in [4.78, 5) is 13.1. The molecule has 0 spiro atoms. The molecule has 21 heavy (non-hydrogen) atoms. The van der Waals surface area contributed by atoms with E-state index in [9.17, 15) is 18.0 Å². The molecule has 0 aliphatic carbocycles. The Morgan fingerprint density at radius 3 is 2.57 bits per heavy atom. The van der Waals surface area contributed by atoms with Gasteiger partial charge in [0.15, 0.2) is 0 Å². The summed E-state index contributed by atoms with van der Waals surface area (Å²) in [6.07, 6.45) is -4.49. The molecule has 1 aromatic rings. The third kappa shape index (κ3) is 3.44. The Morgan fingerprint density at radius 2 is 1.95 bits per heavy atom. The second-order valence-corrected chi connectivity index (χ2v) is 5.74. The van der Waals surface area contributed by atoms with Gasteiger partial charge >= 0.3 is 6.18 Å². The SMILES string of the molecule is NC1CCC(C(F)(F)F)N(C(=O)c2cccc(Cl)c2Cl)C1. The van der Waals surface area contributed by atoms with E-state index in [2.05, 4.69) is 0 Å². The quantitative estimate of drug-likeness (QED) is 0.850. The average Bonchev–Trinajstić information content (AvgIpc) is 2.39. The van der Waals surface area contributed by atoms with Crippen LogP contribution in [0.3, 0.4) is 0 Å². The minimum atomic E-state index is -4.50. The molecule has 1 fully saturated rings. The number of rotatable bonds is 1. The normalized spacial score (nSPS) is 23.2. The summed E-state index contributed by atoms with van der Waals surface area (Å²) >= 11 is 11.7. The average molecular weight is 341 g/mol. The van der Waals surface area contributed by atoms with E-state index in [-0.39, 0.29) is 35.0 Å². The Morgan fingerprint density at radius 1 is 1.29 bits per heavy atom. The van der Waals surface area contributed by atoms with Crippen molar-refractivity contribution >= 4 is 29.1 Å². The molecule has 1 saturated heterocycles. The van der Waals surface area contributed by atoms with Crippen molar-refractivity contribution < 1.29 is 18.0 Å². The molecule has 1 aliphatic rings. The van der Waals surface area contributed by atoms with Crippen molar-refractivity contribution in [2.24, 2.45) is 5.73 Å². The van der Waals surface area contributed by atoms with E-state index in [1.807, 2.05) is 0 Å². The zero-order chi connectivity index (χ0) is 15.8. The van der Waals surface area contributed by atoms with E-state index < -0.39 is 24.2 Å². The number of hydrogen-bond acceptors (Lipinski definition) is 2. The van der Waals surface area contributed by atoms with Gasteiger partial charge < -0.3 is 10.6 Å². The van der Waals surface area contributed by atoms with Crippen LogP contribution < -0.4 is 5.73 Å². The molecule has 2 unspecified atom stereocenters. The molecule has 1 heterocycles. The first-order chi connectivity index (χ1) is 9.71. The summed E-state index contributed by atoms with van der Waals surface area (Å²) in [5.41, 5.74) is 5.65. The van der Waals surface area contributed by atoms with E-state index in [4.69, 9.17) is 28.9 Å². The Bertz CT molecular complexity index is 551. The van der Waals surface area contributed by atoms with E-state index in [1.165, 1.54) is 18.2 Å². The number of benzene rings is 1. The second-order valence-electron chi connectivity index (χ2n) is 4.95. The van der Waals surface area contributed by atoms with Crippen molar-refractivity contribution in [3.8, 4) is 0 Å². The maximum Gasteiger partial charge on any atom is 0.408 e. The molecule has 1 aliphatic heterocycles. The number of halogens is 5. The lowest BCUT2D eigenvalue weighted by atomic mass is 9.97. The zero-order valence-electron chi connectivity index (χ0n) is 10.8. The lowest BCUT2D eigenvalue weighted by molar-refractivity contribution is -0.184. The van der Waals surface area contributed by atoms with Gasteiger partial charge in [-0.1, -0.05) is 29.3 Å². The van der Waals surface area contributed by atoms with Crippen LogP contribution in [0.1, 0.15) is 23.2 Å². The fourth-order valence-electron chi connectivity index (χ4n) is 2.39. The van der Waals surface area contributed by atoms with E-state index in [1.54, 1.807) is 0 Å². The van der Waals surface area contributed by atoms with Crippen molar-refractivity contribution in [3.05, 3.63) is 33.8 Å². The van der Waals surface area contributed by atoms with Crippen LogP contribution in [0.4, 0.5) is 13.2 Å². The molecule has 2 atom stereocenters. The predicted octanol–water partition coefficient (Wildman–Crippen LogP) is 3.49. The van der Waals surface area contributed by atoms with E-state index >= 15 is 0 Å². The van der Waals surface area contributed by atoms with Gasteiger partial charge in [0.2, 0.25) is 0 Å². The summed E-state index contributed by atoms with van der Waals surface area (Å²) in [5, 5.41) is 0.0663. The first-order valence-electron chi connectivity index (χ1n) is 6.29. The van der Waals surface area contributed by atoms with Gasteiger partial charge in [-0.25, -0.2) is 0 Å². The number of likely N-dealkylation sites (tertiary alicyclic amines) is 1. The molecule has 1 amide bonds. The number of carbonyl (C=O) groups is 1. The molecule has 1 aromatic carbocycles. The minimum Gasteiger partial charge on any atom is -0.326 e. The van der Waals surface area contributed by atoms with Crippen LogP contribution in [-0.2, 0) is 0 Å². The van der Waals surface area contributed by atoms with Gasteiger partial charge in [0.05, 0.1) is 15.6 Å². The largest absolute Gasteiger partial charge is 0.408 e. The van der Waals surface area contributed by atoms with Crippen LogP contribution in [0.2, 0.25) is 10.0 Å². The van der Waals surface area contributed by atoms with Crippen LogP contribution in [0.25, 0.3) is 0 Å². The standard InChI is InChI=1S/C13H13Cl2F3N2O/c14-9-3-1-2-8(11(9)15)12(21)20-6-7(19)4-5-10(20)13(16,17)18/h1-3,7,10H,4-6,19H2. The summed E-state index contributed by atoms with van der Waals surface area (Å²) in [6, 6.07) is 1.95. The summed E-state index contributed by atoms with van der Waals surface area (Å²) in [6.45, 7) is -0.161. The van der Waals surface area contributed by atoms with Crippen molar-refractivity contribution in [1.29, 1.82) is 0 Å². The first-order valence-corrected chi connectivity index (χ1v) is 7.04. The zero-order valence-corrected chi connectivity index (χ0v) is 12.3. The topological polar surface area (TPSA) is 46.3 Å². The number of nitrogens with two attached hydrogens (primary N) is 1. The highest BCUT2D eigenvalue weighted by molar-refractivity contribution is 6.43. The highest BCUT2D eigenvalue weighted by Crippen LogP contribution is 2.34. The lowest BCUT2D eigenvalue weighted by Crippen LogP contribution is -2.56. The summed E-state index contributed by atoms with van der Waals surface area (Å²) in [5.74, 6) is -0.806. The molecule has 2 N–H and O–H groups in total. The highest BCUT2D eigenvalue weighted by atomic mass is 35.5. The fourth-order valence-corrected chi connectivity index (χ4v) is 2.77. The number of alkyl halides is 3. The molecule has 8 heteroatoms. The summed E-state index contributed by atoms with van der Waals surface area (Å²) in [7, 11) is 0. The molecule has 3 nitrogen and oxygen atoms in total.